The lowest BCUT2D eigenvalue weighted by atomic mass is 10.1. The quantitative estimate of drug-likeness (QED) is 0.885. The van der Waals surface area contributed by atoms with Crippen LogP contribution in [0.2, 0.25) is 0 Å². The van der Waals surface area contributed by atoms with Crippen molar-refractivity contribution in [2.24, 2.45) is 0 Å². The molecule has 1 aromatic heterocycles. The van der Waals surface area contributed by atoms with E-state index in [1.807, 2.05) is 24.4 Å². The Morgan fingerprint density at radius 3 is 2.86 bits per heavy atom. The molecule has 112 valence electrons. The van der Waals surface area contributed by atoms with Crippen molar-refractivity contribution in [3.63, 3.8) is 0 Å². The molecule has 1 aromatic carbocycles. The van der Waals surface area contributed by atoms with E-state index in [4.69, 9.17) is 4.74 Å². The molecule has 1 fully saturated rings. The predicted octanol–water partition coefficient (Wildman–Crippen LogP) is 3.14. The van der Waals surface area contributed by atoms with E-state index in [-0.39, 0.29) is 0 Å². The highest BCUT2D eigenvalue weighted by Gasteiger charge is 2.28. The van der Waals surface area contributed by atoms with Gasteiger partial charge in [0.15, 0.2) is 0 Å². The van der Waals surface area contributed by atoms with Gasteiger partial charge in [0, 0.05) is 35.6 Å². The van der Waals surface area contributed by atoms with Gasteiger partial charge in [-0.05, 0) is 38.9 Å². The molecule has 1 N–H and O–H groups in total. The number of pyridine rings is 1. The number of hydrogen-bond acceptors (Lipinski definition) is 4. The number of methoxy groups -OCH3 is 1. The number of anilines is 1. The fourth-order valence-electron chi connectivity index (χ4n) is 2.73. The first-order chi connectivity index (χ1) is 10.2. The molecular weight excluding hydrogens is 262 g/mol. The number of nitrogens with zero attached hydrogens (tertiary/aromatic N) is 2. The molecule has 2 aromatic rings. The highest BCUT2D eigenvalue weighted by molar-refractivity contribution is 5.95. The third-order valence-electron chi connectivity index (χ3n) is 4.37. The number of fused-ring (bicyclic) bond motifs is 1. The minimum atomic E-state index is 0.500. The molecule has 1 unspecified atom stereocenters. The molecule has 0 aliphatic heterocycles. The second kappa shape index (κ2) is 5.90. The van der Waals surface area contributed by atoms with Gasteiger partial charge in [-0.15, -0.1) is 0 Å². The van der Waals surface area contributed by atoms with Crippen molar-refractivity contribution in [3.05, 3.63) is 30.5 Å². The lowest BCUT2D eigenvalue weighted by molar-refractivity contribution is 0.257. The Morgan fingerprint density at radius 1 is 1.33 bits per heavy atom. The normalized spacial score (nSPS) is 16.2. The Labute approximate surface area is 126 Å². The third kappa shape index (κ3) is 2.95. The summed E-state index contributed by atoms with van der Waals surface area (Å²) >= 11 is 0. The Hall–Kier alpha value is -1.81. The molecule has 0 radical (unpaired) electrons. The summed E-state index contributed by atoms with van der Waals surface area (Å²) in [5.74, 6) is 1.82. The molecule has 4 heteroatoms. The van der Waals surface area contributed by atoms with Gasteiger partial charge in [0.25, 0.3) is 0 Å². The van der Waals surface area contributed by atoms with E-state index in [0.717, 1.165) is 34.9 Å². The molecular formula is C17H23N3O. The Bertz CT molecular complexity index is 624. The zero-order valence-electron chi connectivity index (χ0n) is 13.0. The summed E-state index contributed by atoms with van der Waals surface area (Å²) in [6.45, 7) is 3.16. The van der Waals surface area contributed by atoms with Crippen LogP contribution in [-0.4, -0.2) is 42.7 Å². The summed E-state index contributed by atoms with van der Waals surface area (Å²) in [4.78, 5) is 6.95. The van der Waals surface area contributed by atoms with Crippen molar-refractivity contribution < 1.29 is 4.74 Å². The van der Waals surface area contributed by atoms with E-state index in [1.165, 1.54) is 12.8 Å². The van der Waals surface area contributed by atoms with Crippen molar-refractivity contribution in [1.29, 1.82) is 0 Å². The van der Waals surface area contributed by atoms with Crippen molar-refractivity contribution >= 4 is 16.6 Å². The molecule has 21 heavy (non-hydrogen) atoms. The van der Waals surface area contributed by atoms with E-state index in [9.17, 15) is 0 Å². The van der Waals surface area contributed by atoms with Crippen molar-refractivity contribution in [1.82, 2.24) is 9.88 Å². The monoisotopic (exact) mass is 285 g/mol. The maximum atomic E-state index is 5.42. The van der Waals surface area contributed by atoms with Gasteiger partial charge in [-0.1, -0.05) is 12.1 Å². The first-order valence-corrected chi connectivity index (χ1v) is 7.58. The summed E-state index contributed by atoms with van der Waals surface area (Å²) in [7, 11) is 3.92. The number of rotatable bonds is 6. The predicted molar refractivity (Wildman–Crippen MR) is 87.0 cm³/mol. The van der Waals surface area contributed by atoms with Crippen molar-refractivity contribution in [2.45, 2.75) is 31.8 Å². The van der Waals surface area contributed by atoms with Crippen LogP contribution in [0, 0.1) is 0 Å². The maximum absolute atomic E-state index is 5.42. The second-order valence-corrected chi connectivity index (χ2v) is 5.84. The van der Waals surface area contributed by atoms with Crippen LogP contribution in [0.5, 0.6) is 5.75 Å². The largest absolute Gasteiger partial charge is 0.496 e. The van der Waals surface area contributed by atoms with Crippen LogP contribution in [0.1, 0.15) is 19.8 Å². The number of benzene rings is 1. The molecule has 4 nitrogen and oxygen atoms in total. The number of nitrogens with one attached hydrogen (secondary N) is 1. The molecule has 1 heterocycles. The van der Waals surface area contributed by atoms with Gasteiger partial charge in [0.1, 0.15) is 11.6 Å². The van der Waals surface area contributed by atoms with Gasteiger partial charge < -0.3 is 10.1 Å². The van der Waals surface area contributed by atoms with Crippen LogP contribution < -0.4 is 10.1 Å². The average molecular weight is 285 g/mol. The van der Waals surface area contributed by atoms with E-state index in [2.05, 4.69) is 35.2 Å². The Morgan fingerprint density at radius 2 is 2.14 bits per heavy atom. The number of likely N-dealkylation sites (N-methyl/N-ethyl adjacent to an activating group) is 1. The van der Waals surface area contributed by atoms with Crippen molar-refractivity contribution in [2.75, 3.05) is 26.0 Å². The molecule has 1 saturated carbocycles. The second-order valence-electron chi connectivity index (χ2n) is 5.84. The third-order valence-corrected chi connectivity index (χ3v) is 4.37. The molecule has 0 bridgehead atoms. The number of aromatic nitrogens is 1. The van der Waals surface area contributed by atoms with Gasteiger partial charge in [0.2, 0.25) is 0 Å². The van der Waals surface area contributed by atoms with Gasteiger partial charge in [-0.3, -0.25) is 4.90 Å². The zero-order valence-corrected chi connectivity index (χ0v) is 13.0. The molecule has 1 aliphatic rings. The number of hydrogen-bond donors (Lipinski definition) is 1. The van der Waals surface area contributed by atoms with Crippen molar-refractivity contribution in [3.8, 4) is 5.75 Å². The highest BCUT2D eigenvalue weighted by Crippen LogP contribution is 2.30. The summed E-state index contributed by atoms with van der Waals surface area (Å²) in [5, 5.41) is 5.70. The standard InChI is InChI=1S/C17H23N3O/c1-12(20(2)13-7-8-13)11-19-17-15-5-4-6-16(21-3)14(15)9-10-18-17/h4-6,9-10,12-13H,7-8,11H2,1-3H3,(H,18,19). The molecule has 0 saturated heterocycles. The van der Waals surface area contributed by atoms with Crippen LogP contribution in [0.3, 0.4) is 0 Å². The van der Waals surface area contributed by atoms with Crippen LogP contribution in [-0.2, 0) is 0 Å². The van der Waals surface area contributed by atoms with Gasteiger partial charge in [0.05, 0.1) is 7.11 Å². The van der Waals surface area contributed by atoms with Gasteiger partial charge in [-0.2, -0.15) is 0 Å². The SMILES string of the molecule is COc1cccc2c(NCC(C)N(C)C3CC3)nccc12. The molecule has 1 atom stereocenters. The highest BCUT2D eigenvalue weighted by atomic mass is 16.5. The molecule has 3 rings (SSSR count). The maximum Gasteiger partial charge on any atom is 0.134 e. The molecule has 1 aliphatic carbocycles. The van der Waals surface area contributed by atoms with Gasteiger partial charge in [-0.25, -0.2) is 4.98 Å². The lowest BCUT2D eigenvalue weighted by Gasteiger charge is -2.25. The van der Waals surface area contributed by atoms with Crippen LogP contribution in [0.25, 0.3) is 10.8 Å². The van der Waals surface area contributed by atoms with Crippen LogP contribution in [0.15, 0.2) is 30.5 Å². The molecule has 0 amide bonds. The van der Waals surface area contributed by atoms with E-state index >= 15 is 0 Å². The van der Waals surface area contributed by atoms with E-state index in [0.29, 0.717) is 6.04 Å². The fraction of sp³-hybridized carbons (Fsp3) is 0.471. The first kappa shape index (κ1) is 14.1. The summed E-state index contributed by atoms with van der Waals surface area (Å²) in [6, 6.07) is 9.35. The van der Waals surface area contributed by atoms with Crippen LogP contribution >= 0.6 is 0 Å². The summed E-state index contributed by atoms with van der Waals surface area (Å²) < 4.78 is 5.42. The van der Waals surface area contributed by atoms with E-state index < -0.39 is 0 Å². The fourth-order valence-corrected chi connectivity index (χ4v) is 2.73. The topological polar surface area (TPSA) is 37.4 Å². The minimum Gasteiger partial charge on any atom is -0.496 e. The first-order valence-electron chi connectivity index (χ1n) is 7.58. The number of ether oxygens (including phenoxy) is 1. The smallest absolute Gasteiger partial charge is 0.134 e. The summed E-state index contributed by atoms with van der Waals surface area (Å²) in [6.07, 6.45) is 4.51. The lowest BCUT2D eigenvalue weighted by Crippen LogP contribution is -2.36. The Balaban J connectivity index is 1.77. The average Bonchev–Trinajstić information content (AvgIpc) is 3.36. The summed E-state index contributed by atoms with van der Waals surface area (Å²) in [5.41, 5.74) is 0. The van der Waals surface area contributed by atoms with Gasteiger partial charge >= 0.3 is 0 Å². The Kier molecular flexibility index (Phi) is 3.97. The van der Waals surface area contributed by atoms with E-state index in [1.54, 1.807) is 7.11 Å². The van der Waals surface area contributed by atoms with Crippen LogP contribution in [0.4, 0.5) is 5.82 Å². The minimum absolute atomic E-state index is 0.500. The zero-order chi connectivity index (χ0) is 14.8. The molecule has 0 spiro atoms.